The first-order valence-electron chi connectivity index (χ1n) is 8.51. The number of anilines is 1. The van der Waals surface area contributed by atoms with Gasteiger partial charge in [-0.15, -0.1) is 0 Å². The Morgan fingerprint density at radius 1 is 0.923 bits per heavy atom. The van der Waals surface area contributed by atoms with Crippen LogP contribution in [-0.4, -0.2) is 64.4 Å². The number of carbonyl (C=O) groups is 1. The van der Waals surface area contributed by atoms with E-state index in [1.54, 1.807) is 41.3 Å². The first kappa shape index (κ1) is 18.4. The largest absolute Gasteiger partial charge is 0.336 e. The number of benzene rings is 2. The highest BCUT2D eigenvalue weighted by molar-refractivity contribution is 7.92. The monoisotopic (exact) mass is 373 g/mol. The minimum Gasteiger partial charge on any atom is -0.336 e. The Balaban J connectivity index is 1.77. The van der Waals surface area contributed by atoms with Crippen molar-refractivity contribution in [1.82, 2.24) is 9.80 Å². The van der Waals surface area contributed by atoms with Gasteiger partial charge in [-0.2, -0.15) is 0 Å². The van der Waals surface area contributed by atoms with Gasteiger partial charge < -0.3 is 9.80 Å². The van der Waals surface area contributed by atoms with Crippen molar-refractivity contribution in [2.75, 3.05) is 44.6 Å². The average Bonchev–Trinajstić information content (AvgIpc) is 2.68. The van der Waals surface area contributed by atoms with Gasteiger partial charge in [-0.3, -0.25) is 9.10 Å². The highest BCUT2D eigenvalue weighted by Gasteiger charge is 2.23. The molecule has 0 bridgehead atoms. The first-order chi connectivity index (χ1) is 12.4. The number of hydrogen-bond donors (Lipinski definition) is 0. The number of amides is 1. The molecule has 26 heavy (non-hydrogen) atoms. The van der Waals surface area contributed by atoms with Crippen molar-refractivity contribution in [2.45, 2.75) is 4.90 Å². The second-order valence-corrected chi connectivity index (χ2v) is 8.40. The smallest absolute Gasteiger partial charge is 0.264 e. The molecule has 1 heterocycles. The lowest BCUT2D eigenvalue weighted by atomic mass is 10.2. The average molecular weight is 373 g/mol. The maximum atomic E-state index is 12.8. The summed E-state index contributed by atoms with van der Waals surface area (Å²) in [4.78, 5) is 16.7. The van der Waals surface area contributed by atoms with E-state index in [1.807, 2.05) is 13.1 Å². The molecule has 0 aromatic heterocycles. The normalized spacial score (nSPS) is 15.7. The Morgan fingerprint density at radius 2 is 1.50 bits per heavy atom. The molecule has 0 spiro atoms. The summed E-state index contributed by atoms with van der Waals surface area (Å²) in [5, 5.41) is 0. The van der Waals surface area contributed by atoms with E-state index < -0.39 is 10.0 Å². The zero-order valence-electron chi connectivity index (χ0n) is 15.0. The molecule has 138 valence electrons. The van der Waals surface area contributed by atoms with Crippen molar-refractivity contribution in [3.8, 4) is 0 Å². The number of hydrogen-bond acceptors (Lipinski definition) is 4. The molecule has 7 heteroatoms. The molecule has 2 aromatic rings. The van der Waals surface area contributed by atoms with Crippen LogP contribution >= 0.6 is 0 Å². The summed E-state index contributed by atoms with van der Waals surface area (Å²) in [6.07, 6.45) is 0. The van der Waals surface area contributed by atoms with Crippen LogP contribution in [0.5, 0.6) is 0 Å². The molecule has 1 fully saturated rings. The van der Waals surface area contributed by atoms with Gasteiger partial charge in [-0.05, 0) is 43.4 Å². The topological polar surface area (TPSA) is 60.9 Å². The van der Waals surface area contributed by atoms with Crippen LogP contribution in [0.3, 0.4) is 0 Å². The molecule has 1 aliphatic rings. The van der Waals surface area contributed by atoms with Gasteiger partial charge in [0.2, 0.25) is 0 Å². The van der Waals surface area contributed by atoms with E-state index >= 15 is 0 Å². The molecule has 0 N–H and O–H groups in total. The van der Waals surface area contributed by atoms with Crippen molar-refractivity contribution in [3.63, 3.8) is 0 Å². The van der Waals surface area contributed by atoms with Crippen molar-refractivity contribution in [2.24, 2.45) is 0 Å². The van der Waals surface area contributed by atoms with Gasteiger partial charge in [0.05, 0.1) is 10.6 Å². The van der Waals surface area contributed by atoms with E-state index in [4.69, 9.17) is 0 Å². The minimum absolute atomic E-state index is 0.0570. The fourth-order valence-corrected chi connectivity index (χ4v) is 4.09. The van der Waals surface area contributed by atoms with Crippen molar-refractivity contribution in [3.05, 3.63) is 60.2 Å². The number of nitrogens with zero attached hydrogens (tertiary/aromatic N) is 3. The van der Waals surface area contributed by atoms with Gasteiger partial charge >= 0.3 is 0 Å². The van der Waals surface area contributed by atoms with Crippen molar-refractivity contribution >= 4 is 21.6 Å². The van der Waals surface area contributed by atoms with Crippen LogP contribution in [0, 0.1) is 0 Å². The first-order valence-corrected chi connectivity index (χ1v) is 9.95. The predicted octanol–water partition coefficient (Wildman–Crippen LogP) is 1.90. The molecule has 0 radical (unpaired) electrons. The number of carbonyl (C=O) groups excluding carboxylic acids is 1. The van der Waals surface area contributed by atoms with Crippen LogP contribution in [0.1, 0.15) is 10.4 Å². The number of likely N-dealkylation sites (N-methyl/N-ethyl adjacent to an activating group) is 1. The SMILES string of the molecule is CN1CCN(C(=O)c2ccc(S(=O)(=O)N(C)c3ccccc3)cc2)CC1. The molecule has 3 rings (SSSR count). The molecular formula is C19H23N3O3S. The molecular weight excluding hydrogens is 350 g/mol. The fraction of sp³-hybridized carbons (Fsp3) is 0.316. The van der Waals surface area contributed by atoms with Gasteiger partial charge in [-0.25, -0.2) is 8.42 Å². The predicted molar refractivity (Wildman–Crippen MR) is 102 cm³/mol. The van der Waals surface area contributed by atoms with Crippen LogP contribution in [-0.2, 0) is 10.0 Å². The van der Waals surface area contributed by atoms with E-state index in [0.29, 0.717) is 24.3 Å². The Labute approximate surface area is 154 Å². The van der Waals surface area contributed by atoms with Crippen LogP contribution in [0.15, 0.2) is 59.5 Å². The Kier molecular flexibility index (Phi) is 5.29. The van der Waals surface area contributed by atoms with Gasteiger partial charge in [-0.1, -0.05) is 18.2 Å². The summed E-state index contributed by atoms with van der Waals surface area (Å²) in [6, 6.07) is 15.1. The Bertz CT molecular complexity index is 859. The number of para-hydroxylation sites is 1. The zero-order chi connectivity index (χ0) is 18.7. The molecule has 0 saturated carbocycles. The van der Waals surface area contributed by atoms with Gasteiger partial charge in [0.15, 0.2) is 0 Å². The van der Waals surface area contributed by atoms with Gasteiger partial charge in [0.25, 0.3) is 15.9 Å². The maximum Gasteiger partial charge on any atom is 0.264 e. The lowest BCUT2D eigenvalue weighted by Crippen LogP contribution is -2.47. The molecule has 1 aliphatic heterocycles. The molecule has 1 saturated heterocycles. The quantitative estimate of drug-likeness (QED) is 0.821. The molecule has 6 nitrogen and oxygen atoms in total. The lowest BCUT2D eigenvalue weighted by molar-refractivity contribution is 0.0664. The summed E-state index contributed by atoms with van der Waals surface area (Å²) in [5.41, 5.74) is 1.10. The lowest BCUT2D eigenvalue weighted by Gasteiger charge is -2.32. The summed E-state index contributed by atoms with van der Waals surface area (Å²) < 4.78 is 26.8. The molecule has 2 aromatic carbocycles. The summed E-state index contributed by atoms with van der Waals surface area (Å²) >= 11 is 0. The summed E-state index contributed by atoms with van der Waals surface area (Å²) in [6.45, 7) is 3.07. The van der Waals surface area contributed by atoms with Crippen LogP contribution in [0.2, 0.25) is 0 Å². The number of rotatable bonds is 4. The summed E-state index contributed by atoms with van der Waals surface area (Å²) in [5.74, 6) is -0.0570. The van der Waals surface area contributed by atoms with Crippen LogP contribution < -0.4 is 4.31 Å². The summed E-state index contributed by atoms with van der Waals surface area (Å²) in [7, 11) is -0.111. The molecule has 0 unspecified atom stereocenters. The second-order valence-electron chi connectivity index (χ2n) is 6.43. The molecule has 1 amide bonds. The van der Waals surface area contributed by atoms with E-state index in [0.717, 1.165) is 13.1 Å². The van der Waals surface area contributed by atoms with E-state index in [9.17, 15) is 13.2 Å². The van der Waals surface area contributed by atoms with Gasteiger partial charge in [0, 0.05) is 38.8 Å². The highest BCUT2D eigenvalue weighted by atomic mass is 32.2. The maximum absolute atomic E-state index is 12.8. The molecule has 0 atom stereocenters. The number of sulfonamides is 1. The van der Waals surface area contributed by atoms with Crippen molar-refractivity contribution in [1.29, 1.82) is 0 Å². The third-order valence-corrected chi connectivity index (χ3v) is 6.47. The Morgan fingerprint density at radius 3 is 2.08 bits per heavy atom. The number of piperazine rings is 1. The van der Waals surface area contributed by atoms with E-state index in [2.05, 4.69) is 4.90 Å². The third-order valence-electron chi connectivity index (χ3n) is 4.67. The van der Waals surface area contributed by atoms with E-state index in [-0.39, 0.29) is 10.8 Å². The van der Waals surface area contributed by atoms with Crippen LogP contribution in [0.4, 0.5) is 5.69 Å². The standard InChI is InChI=1S/C19H23N3O3S/c1-20-12-14-22(15-13-20)19(23)16-8-10-18(11-9-16)26(24,25)21(2)17-6-4-3-5-7-17/h3-11H,12-15H2,1-2H3. The van der Waals surface area contributed by atoms with Crippen LogP contribution in [0.25, 0.3) is 0 Å². The third kappa shape index (κ3) is 3.73. The highest BCUT2D eigenvalue weighted by Crippen LogP contribution is 2.22. The van der Waals surface area contributed by atoms with Crippen molar-refractivity contribution < 1.29 is 13.2 Å². The Hall–Kier alpha value is -2.38. The molecule has 0 aliphatic carbocycles. The fourth-order valence-electron chi connectivity index (χ4n) is 2.90. The van der Waals surface area contributed by atoms with E-state index in [1.165, 1.54) is 23.5 Å². The zero-order valence-corrected chi connectivity index (χ0v) is 15.8. The van der Waals surface area contributed by atoms with Gasteiger partial charge in [0.1, 0.15) is 0 Å². The minimum atomic E-state index is -3.66. The second kappa shape index (κ2) is 7.47.